The summed E-state index contributed by atoms with van der Waals surface area (Å²) in [6.45, 7) is -10.4. The molecule has 66 heavy (non-hydrogen) atoms. The van der Waals surface area contributed by atoms with Crippen LogP contribution in [0.3, 0.4) is 0 Å². The van der Waals surface area contributed by atoms with Gasteiger partial charge in [-0.05, 0) is 0 Å². The number of hydrogen-bond acceptors (Lipinski definition) is 6. The number of alkyl halides is 6. The molecule has 0 fully saturated rings. The molecular formula is C48H38F6O6P4S2. The van der Waals surface area contributed by atoms with Crippen molar-refractivity contribution in [3.05, 3.63) is 212 Å². The Labute approximate surface area is 381 Å². The second-order valence-electron chi connectivity index (χ2n) is 15.0. The predicted molar refractivity (Wildman–Crippen MR) is 260 cm³/mol. The van der Waals surface area contributed by atoms with E-state index >= 15 is 26.3 Å². The summed E-state index contributed by atoms with van der Waals surface area (Å²) < 4.78 is 163. The van der Waals surface area contributed by atoms with Gasteiger partial charge in [0.1, 0.15) is 0 Å². The van der Waals surface area contributed by atoms with E-state index in [1.54, 1.807) is 110 Å². The molecule has 0 amide bonds. The molecule has 0 saturated heterocycles. The molecule has 0 radical (unpaired) electrons. The Balaban J connectivity index is 1.81. The predicted octanol–water partition coefficient (Wildman–Crippen LogP) is 10.3. The van der Waals surface area contributed by atoms with E-state index in [1.165, 1.54) is 109 Å². The first kappa shape index (κ1) is 47.5. The van der Waals surface area contributed by atoms with Crippen molar-refractivity contribution in [1.82, 2.24) is 0 Å². The topological polar surface area (TPSA) is 86.7 Å². The second kappa shape index (κ2) is 17.3. The molecular weight excluding hydrogens is 975 g/mol. The van der Waals surface area contributed by atoms with Crippen molar-refractivity contribution >= 4 is 90.9 Å². The molecule has 8 aromatic rings. The molecule has 0 spiro atoms. The van der Waals surface area contributed by atoms with Crippen molar-refractivity contribution in [2.75, 3.05) is 0 Å². The number of hydrogen-bond donors (Lipinski definition) is 0. The molecule has 7 aromatic carbocycles. The molecule has 1 unspecified atom stereocenters. The van der Waals surface area contributed by atoms with Gasteiger partial charge in [0.2, 0.25) is 0 Å². The number of aryl methyl sites for hydroxylation is 1. The normalized spacial score (nSPS) is 14.5. The number of benzene rings is 7. The zero-order chi connectivity index (χ0) is 47.1. The zero-order valence-electron chi connectivity index (χ0n) is 34.5. The fourth-order valence-corrected chi connectivity index (χ4v) is 38.0. The Kier molecular flexibility index (Phi) is 12.4. The van der Waals surface area contributed by atoms with Crippen LogP contribution in [0.5, 0.6) is 0 Å². The molecule has 0 aliphatic rings. The van der Waals surface area contributed by atoms with E-state index in [0.717, 1.165) is 0 Å². The number of halogens is 6. The van der Waals surface area contributed by atoms with E-state index in [-0.39, 0.29) is 60.9 Å². The maximum atomic E-state index is 15.5. The summed E-state index contributed by atoms with van der Waals surface area (Å²) in [5, 5.41) is 0.0913. The van der Waals surface area contributed by atoms with Crippen LogP contribution in [0.4, 0.5) is 26.3 Å². The van der Waals surface area contributed by atoms with Gasteiger partial charge in [0, 0.05) is 0 Å². The van der Waals surface area contributed by atoms with E-state index in [1.807, 2.05) is 0 Å². The van der Waals surface area contributed by atoms with Gasteiger partial charge in [-0.15, -0.1) is 0 Å². The summed E-state index contributed by atoms with van der Waals surface area (Å²) in [5.74, 6) is 0. The average molecular weight is 1010 g/mol. The second-order valence-corrected chi connectivity index (χ2v) is 32.4. The van der Waals surface area contributed by atoms with E-state index in [9.17, 15) is 16.8 Å². The fraction of sp³-hybridized carbons (Fsp3) is 0.0625. The van der Waals surface area contributed by atoms with Crippen LogP contribution in [0.25, 0.3) is 11.1 Å². The van der Waals surface area contributed by atoms with Gasteiger partial charge in [-0.2, -0.15) is 0 Å². The maximum absolute atomic E-state index is 15.5. The summed E-state index contributed by atoms with van der Waals surface area (Å²) in [6, 6.07) is 54.1. The van der Waals surface area contributed by atoms with Gasteiger partial charge in [-0.1, -0.05) is 0 Å². The Hall–Kier alpha value is -4.99. The Bertz CT molecular complexity index is 3020. The Morgan fingerprint density at radius 1 is 0.409 bits per heavy atom. The molecule has 0 aliphatic carbocycles. The molecule has 0 aliphatic heterocycles. The molecule has 1 heterocycles. The first-order valence-corrected chi connectivity index (χ1v) is 30.4. The third kappa shape index (κ3) is 7.12. The van der Waals surface area contributed by atoms with Crippen molar-refractivity contribution in [3.63, 3.8) is 0 Å². The van der Waals surface area contributed by atoms with Crippen LogP contribution in [0.2, 0.25) is 0 Å². The van der Waals surface area contributed by atoms with Crippen molar-refractivity contribution < 1.29 is 51.1 Å². The molecule has 18 heteroatoms. The van der Waals surface area contributed by atoms with Crippen molar-refractivity contribution in [3.8, 4) is 11.1 Å². The van der Waals surface area contributed by atoms with Crippen molar-refractivity contribution in [2.45, 2.75) is 11.0 Å². The van der Waals surface area contributed by atoms with Crippen LogP contribution in [-0.4, -0.2) is 27.9 Å². The van der Waals surface area contributed by atoms with E-state index in [4.69, 9.17) is 7.94 Å². The summed E-state index contributed by atoms with van der Waals surface area (Å²) in [5.41, 5.74) is -11.8. The van der Waals surface area contributed by atoms with Crippen LogP contribution < -0.4 is 41.9 Å². The Morgan fingerprint density at radius 2 is 0.652 bits per heavy atom. The molecule has 0 bridgehead atoms. The summed E-state index contributed by atoms with van der Waals surface area (Å²) in [7, 11) is -15.3. The van der Waals surface area contributed by atoms with E-state index < -0.39 is 52.1 Å². The van der Waals surface area contributed by atoms with Gasteiger partial charge in [0.25, 0.3) is 0 Å². The van der Waals surface area contributed by atoms with Gasteiger partial charge in [-0.3, -0.25) is 0 Å². The molecule has 0 N–H and O–H groups in total. The minimum atomic E-state index is -6.64. The third-order valence-corrected chi connectivity index (χ3v) is 34.4. The molecule has 340 valence electrons. The van der Waals surface area contributed by atoms with E-state index in [0.29, 0.717) is 0 Å². The van der Waals surface area contributed by atoms with Crippen LogP contribution in [0.1, 0.15) is 0 Å². The number of rotatable bonds is 13. The Morgan fingerprint density at radius 3 is 0.924 bits per heavy atom. The van der Waals surface area contributed by atoms with E-state index in [2.05, 4.69) is 0 Å². The van der Waals surface area contributed by atoms with Gasteiger partial charge in [0.05, 0.1) is 0 Å². The zero-order valence-corrected chi connectivity index (χ0v) is 39.7. The molecule has 6 nitrogen and oxygen atoms in total. The molecule has 8 rings (SSSR count). The summed E-state index contributed by atoms with van der Waals surface area (Å²) in [6.07, 6.45) is 0. The third-order valence-electron chi connectivity index (χ3n) is 11.4. The van der Waals surface area contributed by atoms with Crippen molar-refractivity contribution in [2.24, 2.45) is 6.66 Å². The van der Waals surface area contributed by atoms with Gasteiger partial charge < -0.3 is 0 Å². The molecule has 1 atom stereocenters. The average Bonchev–Trinajstić information content (AvgIpc) is 3.69. The summed E-state index contributed by atoms with van der Waals surface area (Å²) >= 11 is 0. The van der Waals surface area contributed by atoms with Gasteiger partial charge in [-0.25, -0.2) is 0 Å². The minimum absolute atomic E-state index is 0.0101. The standard InChI is InChI=1S/C48H38F6O6P4S2/c1-62-46(64(41-31-17-6-18-32-41,42-33-19-7-20-34-42,43-35-21-8-22-36-43)60-66(57,58)48(52,53)54)44(37-23-9-2-10-24-37)45(61-62)63(38-25-11-3-12-26-38,39-27-13-4-14-28-39,40-29-15-5-16-30-40)59-65(55,56)47(49,50)51/h2-36H,1H3. The first-order valence-electron chi connectivity index (χ1n) is 19.9. The van der Waals surface area contributed by atoms with Crippen molar-refractivity contribution in [1.29, 1.82) is 0 Å². The SMILES string of the molecule is Cp1pc(P(OS(=O)(=O)C(F)(F)F)(c2ccccc2)(c2ccccc2)c2ccccc2)c(-c2ccccc2)c1P(OS(=O)(=O)C(F)(F)F)(c1ccccc1)(c1ccccc1)c1ccccc1. The summed E-state index contributed by atoms with van der Waals surface area (Å²) in [4.78, 5) is 0. The molecule has 0 saturated carbocycles. The van der Waals surface area contributed by atoms with Crippen LogP contribution in [-0.2, 0) is 34.8 Å². The fourth-order valence-electron chi connectivity index (χ4n) is 8.86. The first-order chi connectivity index (χ1) is 31.3. The van der Waals surface area contributed by atoms with Crippen LogP contribution >= 0.6 is 28.7 Å². The quantitative estimate of drug-likeness (QED) is 0.0650. The van der Waals surface area contributed by atoms with Gasteiger partial charge in [0.15, 0.2) is 0 Å². The van der Waals surface area contributed by atoms with Gasteiger partial charge >= 0.3 is 383 Å². The van der Waals surface area contributed by atoms with Crippen LogP contribution in [0, 0.1) is 0 Å². The molecule has 1 aromatic heterocycles. The van der Waals surface area contributed by atoms with Crippen LogP contribution in [0.15, 0.2) is 212 Å². The monoisotopic (exact) mass is 1010 g/mol.